The summed E-state index contributed by atoms with van der Waals surface area (Å²) >= 11 is 0. The van der Waals surface area contributed by atoms with Crippen LogP contribution in [-0.4, -0.2) is 39.4 Å². The summed E-state index contributed by atoms with van der Waals surface area (Å²) in [6, 6.07) is 5.31. The molecule has 6 nitrogen and oxygen atoms in total. The number of amides is 1. The van der Waals surface area contributed by atoms with E-state index in [-0.39, 0.29) is 5.91 Å². The van der Waals surface area contributed by atoms with Crippen LogP contribution in [0.3, 0.4) is 0 Å². The van der Waals surface area contributed by atoms with Crippen molar-refractivity contribution in [3.8, 4) is 11.5 Å². The molecule has 1 amide bonds. The first-order valence-corrected chi connectivity index (χ1v) is 6.42. The minimum Gasteiger partial charge on any atom is -0.497 e. The summed E-state index contributed by atoms with van der Waals surface area (Å²) in [4.78, 5) is 11.8. The van der Waals surface area contributed by atoms with Crippen LogP contribution in [0.2, 0.25) is 0 Å². The van der Waals surface area contributed by atoms with Gasteiger partial charge in [0.2, 0.25) is 0 Å². The molecule has 1 atom stereocenters. The third-order valence-electron chi connectivity index (χ3n) is 2.77. The van der Waals surface area contributed by atoms with Crippen LogP contribution in [0.25, 0.3) is 0 Å². The van der Waals surface area contributed by atoms with Crippen molar-refractivity contribution < 1.29 is 19.0 Å². The Labute approximate surface area is 119 Å². The Hall–Kier alpha value is -1.79. The van der Waals surface area contributed by atoms with Gasteiger partial charge in [-0.05, 0) is 25.1 Å². The highest BCUT2D eigenvalue weighted by Gasteiger charge is 2.16. The van der Waals surface area contributed by atoms with Gasteiger partial charge in [-0.1, -0.05) is 0 Å². The fraction of sp³-hybridized carbons (Fsp3) is 0.500. The van der Waals surface area contributed by atoms with Gasteiger partial charge < -0.3 is 25.3 Å². The van der Waals surface area contributed by atoms with Gasteiger partial charge in [0.1, 0.15) is 11.5 Å². The van der Waals surface area contributed by atoms with Crippen LogP contribution in [0.5, 0.6) is 11.5 Å². The summed E-state index contributed by atoms with van der Waals surface area (Å²) in [5, 5.41) is 2.72. The fourth-order valence-corrected chi connectivity index (χ4v) is 1.62. The number of nitrogens with one attached hydrogen (secondary N) is 1. The Bertz CT molecular complexity index is 437. The molecule has 1 aromatic rings. The van der Waals surface area contributed by atoms with Gasteiger partial charge in [0.05, 0.1) is 13.7 Å². The highest BCUT2D eigenvalue weighted by Crippen LogP contribution is 2.24. The third-order valence-corrected chi connectivity index (χ3v) is 2.77. The summed E-state index contributed by atoms with van der Waals surface area (Å²) in [6.45, 7) is 2.92. The molecule has 112 valence electrons. The molecule has 0 aliphatic rings. The number of methoxy groups -OCH3 is 2. The van der Waals surface area contributed by atoms with E-state index in [1.165, 1.54) is 0 Å². The predicted molar refractivity (Wildman–Crippen MR) is 75.9 cm³/mol. The SMILES string of the molecule is COCCNC(=O)C(C)Oc1ccc(OC)cc1CN. The zero-order valence-electron chi connectivity index (χ0n) is 12.1. The molecule has 6 heteroatoms. The Morgan fingerprint density at radius 3 is 2.75 bits per heavy atom. The Morgan fingerprint density at radius 2 is 2.15 bits per heavy atom. The van der Waals surface area contributed by atoms with Crippen molar-refractivity contribution in [2.75, 3.05) is 27.4 Å². The number of nitrogens with two attached hydrogens (primary N) is 1. The van der Waals surface area contributed by atoms with E-state index in [1.807, 2.05) is 0 Å². The van der Waals surface area contributed by atoms with Gasteiger partial charge >= 0.3 is 0 Å². The predicted octanol–water partition coefficient (Wildman–Crippen LogP) is 0.684. The van der Waals surface area contributed by atoms with Crippen LogP contribution in [0, 0.1) is 0 Å². The van der Waals surface area contributed by atoms with Crippen LogP contribution in [0.4, 0.5) is 0 Å². The molecular formula is C14H22N2O4. The molecule has 0 aliphatic heterocycles. The van der Waals surface area contributed by atoms with Crippen LogP contribution < -0.4 is 20.5 Å². The van der Waals surface area contributed by atoms with Gasteiger partial charge in [0.15, 0.2) is 6.10 Å². The van der Waals surface area contributed by atoms with Crippen molar-refractivity contribution in [3.05, 3.63) is 23.8 Å². The van der Waals surface area contributed by atoms with Gasteiger partial charge in [0.25, 0.3) is 5.91 Å². The molecule has 20 heavy (non-hydrogen) atoms. The second kappa shape index (κ2) is 8.39. The summed E-state index contributed by atoms with van der Waals surface area (Å²) in [6.07, 6.45) is -0.606. The van der Waals surface area contributed by atoms with Crippen LogP contribution >= 0.6 is 0 Å². The zero-order chi connectivity index (χ0) is 15.0. The minimum atomic E-state index is -0.606. The Kier molecular flexibility index (Phi) is 6.83. The smallest absolute Gasteiger partial charge is 0.260 e. The number of hydrogen-bond donors (Lipinski definition) is 2. The maximum atomic E-state index is 11.8. The quantitative estimate of drug-likeness (QED) is 0.685. The fourth-order valence-electron chi connectivity index (χ4n) is 1.62. The molecule has 1 rings (SSSR count). The van der Waals surface area contributed by atoms with E-state index < -0.39 is 6.10 Å². The van der Waals surface area contributed by atoms with Crippen LogP contribution in [-0.2, 0) is 16.1 Å². The van der Waals surface area contributed by atoms with Crippen LogP contribution in [0.15, 0.2) is 18.2 Å². The number of rotatable bonds is 8. The van der Waals surface area contributed by atoms with Gasteiger partial charge in [-0.2, -0.15) is 0 Å². The lowest BCUT2D eigenvalue weighted by molar-refractivity contribution is -0.127. The van der Waals surface area contributed by atoms with Crippen molar-refractivity contribution >= 4 is 5.91 Å². The lowest BCUT2D eigenvalue weighted by Gasteiger charge is -2.17. The lowest BCUT2D eigenvalue weighted by atomic mass is 10.2. The average molecular weight is 282 g/mol. The van der Waals surface area contributed by atoms with E-state index in [1.54, 1.807) is 39.3 Å². The number of carbonyl (C=O) groups excluding carboxylic acids is 1. The molecule has 1 aromatic carbocycles. The van der Waals surface area contributed by atoms with Crippen molar-refractivity contribution in [2.45, 2.75) is 19.6 Å². The monoisotopic (exact) mass is 282 g/mol. The zero-order valence-corrected chi connectivity index (χ0v) is 12.1. The highest BCUT2D eigenvalue weighted by atomic mass is 16.5. The molecule has 0 saturated heterocycles. The lowest BCUT2D eigenvalue weighted by Crippen LogP contribution is -2.38. The van der Waals surface area contributed by atoms with Crippen LogP contribution in [0.1, 0.15) is 12.5 Å². The third kappa shape index (κ3) is 4.71. The number of carbonyl (C=O) groups is 1. The maximum absolute atomic E-state index is 11.8. The summed E-state index contributed by atoms with van der Waals surface area (Å²) in [5.41, 5.74) is 6.46. The average Bonchev–Trinajstić information content (AvgIpc) is 2.47. The van der Waals surface area contributed by atoms with Crippen molar-refractivity contribution in [3.63, 3.8) is 0 Å². The summed E-state index contributed by atoms with van der Waals surface area (Å²) in [7, 11) is 3.17. The van der Waals surface area contributed by atoms with Gasteiger partial charge in [0, 0.05) is 25.8 Å². The number of hydrogen-bond acceptors (Lipinski definition) is 5. The largest absolute Gasteiger partial charge is 0.497 e. The first-order chi connectivity index (χ1) is 9.62. The normalized spacial score (nSPS) is 11.8. The van der Waals surface area contributed by atoms with E-state index in [0.29, 0.717) is 31.2 Å². The molecule has 0 bridgehead atoms. The molecule has 0 aromatic heterocycles. The standard InChI is InChI=1S/C14H22N2O4/c1-10(14(17)16-6-7-18-2)20-13-5-4-12(19-3)8-11(13)9-15/h4-5,8,10H,6-7,9,15H2,1-3H3,(H,16,17). The van der Waals surface area contributed by atoms with E-state index in [0.717, 1.165) is 5.56 Å². The highest BCUT2D eigenvalue weighted by molar-refractivity contribution is 5.80. The second-order valence-electron chi connectivity index (χ2n) is 4.22. The summed E-state index contributed by atoms with van der Waals surface area (Å²) < 4.78 is 15.6. The molecule has 0 heterocycles. The van der Waals surface area contributed by atoms with Gasteiger partial charge in [-0.3, -0.25) is 4.79 Å². The van der Waals surface area contributed by atoms with Gasteiger partial charge in [-0.15, -0.1) is 0 Å². The molecule has 0 saturated carbocycles. The van der Waals surface area contributed by atoms with Gasteiger partial charge in [-0.25, -0.2) is 0 Å². The van der Waals surface area contributed by atoms with Crippen molar-refractivity contribution in [1.82, 2.24) is 5.32 Å². The first kappa shape index (κ1) is 16.3. The molecule has 0 spiro atoms. The van der Waals surface area contributed by atoms with Crippen molar-refractivity contribution in [2.24, 2.45) is 5.73 Å². The maximum Gasteiger partial charge on any atom is 0.260 e. The molecule has 3 N–H and O–H groups in total. The Morgan fingerprint density at radius 1 is 1.40 bits per heavy atom. The van der Waals surface area contributed by atoms with E-state index in [4.69, 9.17) is 19.9 Å². The van der Waals surface area contributed by atoms with Crippen molar-refractivity contribution in [1.29, 1.82) is 0 Å². The molecule has 0 fully saturated rings. The van der Waals surface area contributed by atoms with E-state index in [2.05, 4.69) is 5.32 Å². The van der Waals surface area contributed by atoms with E-state index in [9.17, 15) is 4.79 Å². The number of ether oxygens (including phenoxy) is 3. The number of benzene rings is 1. The molecular weight excluding hydrogens is 260 g/mol. The second-order valence-corrected chi connectivity index (χ2v) is 4.22. The first-order valence-electron chi connectivity index (χ1n) is 6.42. The van der Waals surface area contributed by atoms with E-state index >= 15 is 0 Å². The Balaban J connectivity index is 2.65. The molecule has 1 unspecified atom stereocenters. The molecule has 0 aliphatic carbocycles. The topological polar surface area (TPSA) is 82.8 Å². The minimum absolute atomic E-state index is 0.194. The summed E-state index contributed by atoms with van der Waals surface area (Å²) in [5.74, 6) is 1.10. The molecule has 0 radical (unpaired) electrons.